The first kappa shape index (κ1) is 12.0. The van der Waals surface area contributed by atoms with Gasteiger partial charge in [0.25, 0.3) is 0 Å². The summed E-state index contributed by atoms with van der Waals surface area (Å²) in [6, 6.07) is 0. The quantitative estimate of drug-likeness (QED) is 0.685. The lowest BCUT2D eigenvalue weighted by atomic mass is 9.84. The van der Waals surface area contributed by atoms with Crippen molar-refractivity contribution in [2.24, 2.45) is 5.41 Å². The van der Waals surface area contributed by atoms with E-state index in [2.05, 4.69) is 0 Å². The normalized spacial score (nSPS) is 16.1. The van der Waals surface area contributed by atoms with Crippen LogP contribution in [0.4, 0.5) is 0 Å². The SMILES string of the molecule is CCC(CO)(CC(=O)O)C(Cl)Cl. The van der Waals surface area contributed by atoms with Crippen LogP contribution in [0.25, 0.3) is 0 Å². The Labute approximate surface area is 81.3 Å². The zero-order chi connectivity index (χ0) is 9.78. The van der Waals surface area contributed by atoms with E-state index in [9.17, 15) is 4.79 Å². The van der Waals surface area contributed by atoms with Crippen LogP contribution in [0.1, 0.15) is 19.8 Å². The van der Waals surface area contributed by atoms with Crippen molar-refractivity contribution in [1.29, 1.82) is 0 Å². The van der Waals surface area contributed by atoms with E-state index in [0.717, 1.165) is 0 Å². The van der Waals surface area contributed by atoms with Gasteiger partial charge in [-0.3, -0.25) is 4.79 Å². The number of rotatable bonds is 5. The van der Waals surface area contributed by atoms with E-state index in [0.29, 0.717) is 6.42 Å². The third-order valence-electron chi connectivity index (χ3n) is 1.99. The summed E-state index contributed by atoms with van der Waals surface area (Å²) in [6.45, 7) is 1.43. The molecular weight excluding hydrogens is 203 g/mol. The van der Waals surface area contributed by atoms with Crippen molar-refractivity contribution in [3.05, 3.63) is 0 Å². The second-order valence-electron chi connectivity index (χ2n) is 2.75. The molecule has 0 amide bonds. The Kier molecular flexibility index (Phi) is 4.90. The molecule has 0 saturated carbocycles. The molecule has 0 aromatic carbocycles. The number of hydrogen-bond acceptors (Lipinski definition) is 2. The van der Waals surface area contributed by atoms with Gasteiger partial charge in [-0.15, -0.1) is 23.2 Å². The smallest absolute Gasteiger partial charge is 0.304 e. The molecule has 0 saturated heterocycles. The maximum Gasteiger partial charge on any atom is 0.304 e. The van der Waals surface area contributed by atoms with E-state index < -0.39 is 16.2 Å². The fourth-order valence-electron chi connectivity index (χ4n) is 0.894. The number of aliphatic hydroxyl groups excluding tert-OH is 1. The lowest BCUT2D eigenvalue weighted by Crippen LogP contribution is -2.34. The van der Waals surface area contributed by atoms with E-state index in [1.54, 1.807) is 6.92 Å². The van der Waals surface area contributed by atoms with Crippen molar-refractivity contribution in [1.82, 2.24) is 0 Å². The zero-order valence-electron chi connectivity index (χ0n) is 6.76. The van der Waals surface area contributed by atoms with Crippen LogP contribution >= 0.6 is 23.2 Å². The third-order valence-corrected chi connectivity index (χ3v) is 2.91. The Morgan fingerprint density at radius 1 is 1.58 bits per heavy atom. The maximum absolute atomic E-state index is 10.4. The Morgan fingerprint density at radius 3 is 2.17 bits per heavy atom. The number of hydrogen-bond donors (Lipinski definition) is 2. The summed E-state index contributed by atoms with van der Waals surface area (Å²) in [7, 11) is 0. The van der Waals surface area contributed by atoms with Crippen molar-refractivity contribution in [3.8, 4) is 0 Å². The van der Waals surface area contributed by atoms with Crippen LogP contribution in [-0.4, -0.2) is 27.6 Å². The topological polar surface area (TPSA) is 57.5 Å². The molecule has 12 heavy (non-hydrogen) atoms. The molecule has 0 aromatic heterocycles. The number of alkyl halides is 2. The molecular formula is C7H12Cl2O3. The third kappa shape index (κ3) is 2.81. The van der Waals surface area contributed by atoms with Gasteiger partial charge in [-0.25, -0.2) is 0 Å². The number of halogens is 2. The molecule has 5 heteroatoms. The van der Waals surface area contributed by atoms with Gasteiger partial charge in [0.15, 0.2) is 0 Å². The first-order valence-corrected chi connectivity index (χ1v) is 4.46. The number of aliphatic hydroxyl groups is 1. The number of carboxylic acids is 1. The van der Waals surface area contributed by atoms with Gasteiger partial charge in [-0.05, 0) is 6.42 Å². The molecule has 3 nitrogen and oxygen atoms in total. The molecule has 2 N–H and O–H groups in total. The van der Waals surface area contributed by atoms with Crippen molar-refractivity contribution in [2.75, 3.05) is 6.61 Å². The van der Waals surface area contributed by atoms with E-state index in [4.69, 9.17) is 33.4 Å². The van der Waals surface area contributed by atoms with Gasteiger partial charge in [0.2, 0.25) is 0 Å². The van der Waals surface area contributed by atoms with Gasteiger partial charge < -0.3 is 10.2 Å². The minimum Gasteiger partial charge on any atom is -0.481 e. The van der Waals surface area contributed by atoms with E-state index in [1.807, 2.05) is 0 Å². The predicted molar refractivity (Wildman–Crippen MR) is 47.6 cm³/mol. The summed E-state index contributed by atoms with van der Waals surface area (Å²) in [5.74, 6) is -1.00. The molecule has 1 unspecified atom stereocenters. The summed E-state index contributed by atoms with van der Waals surface area (Å²) in [6.07, 6.45) is 0.227. The molecule has 0 radical (unpaired) electrons. The summed E-state index contributed by atoms with van der Waals surface area (Å²) in [5, 5.41) is 17.5. The standard InChI is InChI=1S/C7H12Cl2O3/c1-2-7(4-10,6(8)9)3-5(11)12/h6,10H,2-4H2,1H3,(H,11,12). The first-order chi connectivity index (χ1) is 5.48. The highest BCUT2D eigenvalue weighted by Gasteiger charge is 2.36. The van der Waals surface area contributed by atoms with Crippen LogP contribution in [0, 0.1) is 5.41 Å². The van der Waals surface area contributed by atoms with Gasteiger partial charge in [0.05, 0.1) is 13.0 Å². The highest BCUT2D eigenvalue weighted by atomic mass is 35.5. The minimum atomic E-state index is -1.00. The maximum atomic E-state index is 10.4. The lowest BCUT2D eigenvalue weighted by molar-refractivity contribution is -0.140. The molecule has 72 valence electrons. The highest BCUT2D eigenvalue weighted by Crippen LogP contribution is 2.36. The van der Waals surface area contributed by atoms with Crippen molar-refractivity contribution in [3.63, 3.8) is 0 Å². The average Bonchev–Trinajstić information content (AvgIpc) is 1.99. The highest BCUT2D eigenvalue weighted by molar-refractivity contribution is 6.44. The van der Waals surface area contributed by atoms with E-state index >= 15 is 0 Å². The Morgan fingerprint density at radius 2 is 2.08 bits per heavy atom. The summed E-state index contributed by atoms with van der Waals surface area (Å²) in [5.41, 5.74) is -0.908. The fourth-order valence-corrected chi connectivity index (χ4v) is 1.50. The van der Waals surface area contributed by atoms with Crippen molar-refractivity contribution >= 4 is 29.2 Å². The molecule has 0 fully saturated rings. The number of aliphatic carboxylic acids is 1. The first-order valence-electron chi connectivity index (χ1n) is 3.59. The molecule has 0 aliphatic heterocycles. The summed E-state index contributed by atoms with van der Waals surface area (Å²) >= 11 is 11.2. The monoisotopic (exact) mass is 214 g/mol. The van der Waals surface area contributed by atoms with Gasteiger partial charge in [-0.2, -0.15) is 0 Å². The van der Waals surface area contributed by atoms with Gasteiger partial charge in [-0.1, -0.05) is 6.92 Å². The zero-order valence-corrected chi connectivity index (χ0v) is 8.27. The predicted octanol–water partition coefficient (Wildman–Crippen LogP) is 1.65. The van der Waals surface area contributed by atoms with Crippen molar-refractivity contribution < 1.29 is 15.0 Å². The van der Waals surface area contributed by atoms with Gasteiger partial charge in [0, 0.05) is 5.41 Å². The molecule has 0 bridgehead atoms. The van der Waals surface area contributed by atoms with Crippen molar-refractivity contribution in [2.45, 2.75) is 24.6 Å². The van der Waals surface area contributed by atoms with Crippen LogP contribution < -0.4 is 0 Å². The lowest BCUT2D eigenvalue weighted by Gasteiger charge is -2.29. The van der Waals surface area contributed by atoms with Crippen LogP contribution in [0.2, 0.25) is 0 Å². The van der Waals surface area contributed by atoms with Crippen LogP contribution in [0.15, 0.2) is 0 Å². The van der Waals surface area contributed by atoms with E-state index in [1.165, 1.54) is 0 Å². The largest absolute Gasteiger partial charge is 0.481 e. The van der Waals surface area contributed by atoms with E-state index in [-0.39, 0.29) is 13.0 Å². The minimum absolute atomic E-state index is 0.211. The number of carboxylic acid groups (broad SMARTS) is 1. The van der Waals surface area contributed by atoms with Crippen LogP contribution in [0.5, 0.6) is 0 Å². The molecule has 0 aromatic rings. The van der Waals surface area contributed by atoms with Crippen LogP contribution in [0.3, 0.4) is 0 Å². The summed E-state index contributed by atoms with van der Waals surface area (Å²) in [4.78, 5) is 9.55. The molecule has 0 rings (SSSR count). The molecule has 0 aliphatic carbocycles. The Bertz CT molecular complexity index is 155. The van der Waals surface area contributed by atoms with Gasteiger partial charge in [0.1, 0.15) is 4.84 Å². The summed E-state index contributed by atoms with van der Waals surface area (Å²) < 4.78 is 0. The fraction of sp³-hybridized carbons (Fsp3) is 0.857. The molecule has 0 spiro atoms. The second kappa shape index (κ2) is 4.90. The molecule has 0 heterocycles. The van der Waals surface area contributed by atoms with Crippen LogP contribution in [-0.2, 0) is 4.79 Å². The average molecular weight is 215 g/mol. The molecule has 1 atom stereocenters. The Hall–Kier alpha value is 0.01000. The Balaban J connectivity index is 4.46. The van der Waals surface area contributed by atoms with Gasteiger partial charge >= 0.3 is 5.97 Å². The number of carbonyl (C=O) groups is 1. The second-order valence-corrected chi connectivity index (χ2v) is 3.84. The molecule has 0 aliphatic rings.